The van der Waals surface area contributed by atoms with Crippen molar-refractivity contribution in [1.29, 1.82) is 0 Å². The van der Waals surface area contributed by atoms with Crippen molar-refractivity contribution in [2.75, 3.05) is 20.4 Å². The summed E-state index contributed by atoms with van der Waals surface area (Å²) >= 11 is 3.53. The first-order valence-electron chi connectivity index (χ1n) is 4.81. The number of hydrogen-bond donors (Lipinski definition) is 1. The van der Waals surface area contributed by atoms with Crippen molar-refractivity contribution in [2.45, 2.75) is 38.6 Å². The molecule has 0 aromatic carbocycles. The van der Waals surface area contributed by atoms with Gasteiger partial charge in [0.25, 0.3) is 0 Å². The Morgan fingerprint density at radius 3 is 1.75 bits per heavy atom. The van der Waals surface area contributed by atoms with Crippen LogP contribution in [-0.2, 0) is 0 Å². The molecule has 12 heavy (non-hydrogen) atoms. The van der Waals surface area contributed by atoms with Gasteiger partial charge in [0.15, 0.2) is 0 Å². The highest BCUT2D eigenvalue weighted by Gasteiger charge is 2.18. The molecule has 0 aliphatic heterocycles. The summed E-state index contributed by atoms with van der Waals surface area (Å²) in [6.07, 6.45) is 7.38. The van der Waals surface area contributed by atoms with Gasteiger partial charge >= 0.3 is 0 Å². The van der Waals surface area contributed by atoms with E-state index in [1.807, 2.05) is 0 Å². The molecule has 0 unspecified atom stereocenters. The van der Waals surface area contributed by atoms with E-state index in [0.29, 0.717) is 0 Å². The summed E-state index contributed by atoms with van der Waals surface area (Å²) in [5.74, 6) is 0.983. The van der Waals surface area contributed by atoms with Gasteiger partial charge in [-0.2, -0.15) is 12.6 Å². The third-order valence-electron chi connectivity index (χ3n) is 2.72. The van der Waals surface area contributed by atoms with Gasteiger partial charge in [-0.05, 0) is 52.0 Å². The van der Waals surface area contributed by atoms with Crippen molar-refractivity contribution < 1.29 is 0 Å². The van der Waals surface area contributed by atoms with Gasteiger partial charge in [-0.15, -0.1) is 0 Å². The van der Waals surface area contributed by atoms with E-state index < -0.39 is 0 Å². The molecule has 0 N–H and O–H groups in total. The van der Waals surface area contributed by atoms with Crippen LogP contribution in [0.15, 0.2) is 0 Å². The summed E-state index contributed by atoms with van der Waals surface area (Å²) < 4.78 is 0. The third-order valence-corrected chi connectivity index (χ3v) is 2.72. The number of hydrogen-bond acceptors (Lipinski definition) is 2. The molecule has 0 aromatic rings. The standard InChI is InChI=1S/C9H19N.CH4S/c1-8-4-6-9(7-5-8)10(2)3;1-2/h8-9H,4-7H2,1-3H3;2H,1H3. The second-order valence-electron chi connectivity index (χ2n) is 3.88. The minimum absolute atomic E-state index is 0.871. The third kappa shape index (κ3) is 4.36. The Morgan fingerprint density at radius 2 is 1.42 bits per heavy atom. The van der Waals surface area contributed by atoms with Gasteiger partial charge in [-0.3, -0.25) is 0 Å². The van der Waals surface area contributed by atoms with Crippen LogP contribution in [0.1, 0.15) is 32.6 Å². The first-order valence-corrected chi connectivity index (χ1v) is 5.70. The second kappa shape index (κ2) is 6.79. The fourth-order valence-electron chi connectivity index (χ4n) is 1.76. The van der Waals surface area contributed by atoms with Gasteiger partial charge in [0.05, 0.1) is 0 Å². The Bertz CT molecular complexity index is 96.0. The van der Waals surface area contributed by atoms with E-state index in [9.17, 15) is 0 Å². The molecule has 74 valence electrons. The minimum Gasteiger partial charge on any atom is -0.306 e. The minimum atomic E-state index is 0.871. The fraction of sp³-hybridized carbons (Fsp3) is 1.00. The Kier molecular flexibility index (Phi) is 6.96. The second-order valence-corrected chi connectivity index (χ2v) is 3.88. The molecular weight excluding hydrogens is 166 g/mol. The maximum Gasteiger partial charge on any atom is 0.00893 e. The zero-order valence-corrected chi connectivity index (χ0v) is 9.77. The largest absolute Gasteiger partial charge is 0.306 e. The molecule has 0 saturated heterocycles. The lowest BCUT2D eigenvalue weighted by atomic mass is 9.87. The topological polar surface area (TPSA) is 3.24 Å². The van der Waals surface area contributed by atoms with E-state index in [1.165, 1.54) is 25.7 Å². The molecule has 1 fully saturated rings. The molecule has 0 bridgehead atoms. The van der Waals surface area contributed by atoms with Crippen molar-refractivity contribution in [1.82, 2.24) is 4.90 Å². The lowest BCUT2D eigenvalue weighted by Crippen LogP contribution is -2.31. The van der Waals surface area contributed by atoms with Crippen molar-refractivity contribution in [2.24, 2.45) is 5.92 Å². The highest BCUT2D eigenvalue weighted by atomic mass is 32.1. The monoisotopic (exact) mass is 189 g/mol. The summed E-state index contributed by atoms with van der Waals surface area (Å²) in [6.45, 7) is 2.37. The fourth-order valence-corrected chi connectivity index (χ4v) is 1.76. The van der Waals surface area contributed by atoms with Crippen molar-refractivity contribution in [3.8, 4) is 0 Å². The molecule has 0 heterocycles. The van der Waals surface area contributed by atoms with E-state index in [4.69, 9.17) is 0 Å². The number of thiol groups is 1. The molecule has 0 radical (unpaired) electrons. The van der Waals surface area contributed by atoms with Gasteiger partial charge in [0, 0.05) is 6.04 Å². The predicted octanol–water partition coefficient (Wildman–Crippen LogP) is 2.67. The first kappa shape index (κ1) is 12.3. The van der Waals surface area contributed by atoms with Crippen LogP contribution in [-0.4, -0.2) is 31.3 Å². The van der Waals surface area contributed by atoms with Crippen molar-refractivity contribution in [3.05, 3.63) is 0 Å². The van der Waals surface area contributed by atoms with Crippen LogP contribution in [0.2, 0.25) is 0 Å². The molecule has 0 amide bonds. The number of nitrogens with zero attached hydrogens (tertiary/aromatic N) is 1. The van der Waals surface area contributed by atoms with Crippen LogP contribution in [0.4, 0.5) is 0 Å². The molecule has 0 aromatic heterocycles. The quantitative estimate of drug-likeness (QED) is 0.621. The first-order chi connectivity index (χ1) is 5.70. The van der Waals surface area contributed by atoms with Crippen LogP contribution in [0, 0.1) is 5.92 Å². The van der Waals surface area contributed by atoms with Gasteiger partial charge in [-0.1, -0.05) is 6.92 Å². The zero-order valence-electron chi connectivity index (χ0n) is 8.88. The molecule has 0 atom stereocenters. The summed E-state index contributed by atoms with van der Waals surface area (Å²) in [4.78, 5) is 2.37. The molecule has 1 saturated carbocycles. The van der Waals surface area contributed by atoms with E-state index in [-0.39, 0.29) is 0 Å². The Morgan fingerprint density at radius 1 is 1.00 bits per heavy atom. The molecule has 0 spiro atoms. The van der Waals surface area contributed by atoms with Crippen molar-refractivity contribution >= 4 is 12.6 Å². The maximum atomic E-state index is 3.53. The SMILES string of the molecule is CC1CCC(N(C)C)CC1.CS. The lowest BCUT2D eigenvalue weighted by molar-refractivity contribution is 0.200. The molecule has 1 aliphatic rings. The molecule has 2 heteroatoms. The summed E-state index contributed by atoms with van der Waals surface area (Å²) in [5.41, 5.74) is 0. The van der Waals surface area contributed by atoms with Gasteiger partial charge in [-0.25, -0.2) is 0 Å². The van der Waals surface area contributed by atoms with Crippen LogP contribution < -0.4 is 0 Å². The normalized spacial score (nSPS) is 29.5. The van der Waals surface area contributed by atoms with E-state index in [0.717, 1.165) is 12.0 Å². The van der Waals surface area contributed by atoms with E-state index >= 15 is 0 Å². The van der Waals surface area contributed by atoms with Crippen LogP contribution in [0.3, 0.4) is 0 Å². The van der Waals surface area contributed by atoms with Gasteiger partial charge in [0.1, 0.15) is 0 Å². The number of rotatable bonds is 1. The smallest absolute Gasteiger partial charge is 0.00893 e. The molecular formula is C10H23NS. The van der Waals surface area contributed by atoms with Crippen molar-refractivity contribution in [3.63, 3.8) is 0 Å². The highest BCUT2D eigenvalue weighted by molar-refractivity contribution is 7.79. The van der Waals surface area contributed by atoms with E-state index in [2.05, 4.69) is 38.5 Å². The predicted molar refractivity (Wildman–Crippen MR) is 60.0 cm³/mol. The van der Waals surface area contributed by atoms with Gasteiger partial charge < -0.3 is 4.90 Å². The Hall–Kier alpha value is 0.310. The maximum absolute atomic E-state index is 3.53. The van der Waals surface area contributed by atoms with Gasteiger partial charge in [0.2, 0.25) is 0 Å². The average Bonchev–Trinajstić information content (AvgIpc) is 2.09. The van der Waals surface area contributed by atoms with E-state index in [1.54, 1.807) is 6.26 Å². The molecule has 1 rings (SSSR count). The van der Waals surface area contributed by atoms with Crippen LogP contribution in [0.25, 0.3) is 0 Å². The molecule has 1 nitrogen and oxygen atoms in total. The summed E-state index contributed by atoms with van der Waals surface area (Å²) in [5, 5.41) is 0. The molecule has 1 aliphatic carbocycles. The summed E-state index contributed by atoms with van der Waals surface area (Å²) in [7, 11) is 4.39. The highest BCUT2D eigenvalue weighted by Crippen LogP contribution is 2.25. The Labute approximate surface area is 82.9 Å². The zero-order chi connectivity index (χ0) is 9.56. The summed E-state index contributed by atoms with van der Waals surface area (Å²) in [6, 6.07) is 0.871. The van der Waals surface area contributed by atoms with Crippen LogP contribution in [0.5, 0.6) is 0 Å². The lowest BCUT2D eigenvalue weighted by Gasteiger charge is -2.30. The van der Waals surface area contributed by atoms with Crippen LogP contribution >= 0.6 is 12.6 Å². The Balaban J connectivity index is 0.000000561. The average molecular weight is 189 g/mol.